The lowest BCUT2D eigenvalue weighted by atomic mass is 10.0. The van der Waals surface area contributed by atoms with Gasteiger partial charge in [0.2, 0.25) is 0 Å². The van der Waals surface area contributed by atoms with Gasteiger partial charge in [-0.15, -0.1) is 0 Å². The van der Waals surface area contributed by atoms with Crippen molar-refractivity contribution >= 4 is 5.82 Å². The fourth-order valence-electron chi connectivity index (χ4n) is 0.957. The van der Waals surface area contributed by atoms with E-state index in [0.717, 1.165) is 11.5 Å². The van der Waals surface area contributed by atoms with Crippen LogP contribution in [0.5, 0.6) is 0 Å². The predicted octanol–water partition coefficient (Wildman–Crippen LogP) is 1.36. The lowest BCUT2D eigenvalue weighted by molar-refractivity contribution is 0.0696. The number of aryl methyl sites for hydroxylation is 1. The van der Waals surface area contributed by atoms with Crippen LogP contribution < -0.4 is 5.32 Å². The van der Waals surface area contributed by atoms with Gasteiger partial charge in [-0.1, -0.05) is 6.92 Å². The van der Waals surface area contributed by atoms with Crippen molar-refractivity contribution in [2.45, 2.75) is 32.8 Å². The van der Waals surface area contributed by atoms with Gasteiger partial charge >= 0.3 is 0 Å². The van der Waals surface area contributed by atoms with Gasteiger partial charge < -0.3 is 10.4 Å². The van der Waals surface area contributed by atoms with Crippen molar-refractivity contribution in [2.24, 2.45) is 0 Å². The first kappa shape index (κ1) is 10.9. The largest absolute Gasteiger partial charge is 0.388 e. The molecule has 0 bridgehead atoms. The van der Waals surface area contributed by atoms with Crippen LogP contribution in [0.25, 0.3) is 0 Å². The number of hydrogen-bond acceptors (Lipinski definition) is 4. The van der Waals surface area contributed by atoms with Crippen molar-refractivity contribution in [1.29, 1.82) is 0 Å². The Bertz CT molecular complexity index is 299. The Balaban J connectivity index is 2.54. The summed E-state index contributed by atoms with van der Waals surface area (Å²) < 4.78 is 0. The maximum absolute atomic E-state index is 9.75. The second-order valence-corrected chi connectivity index (χ2v) is 3.75. The van der Waals surface area contributed by atoms with Crippen LogP contribution in [0.2, 0.25) is 0 Å². The second-order valence-electron chi connectivity index (χ2n) is 3.75. The summed E-state index contributed by atoms with van der Waals surface area (Å²) >= 11 is 0. The number of rotatable bonds is 4. The van der Waals surface area contributed by atoms with E-state index < -0.39 is 5.60 Å². The van der Waals surface area contributed by atoms with Gasteiger partial charge in [0.25, 0.3) is 0 Å². The van der Waals surface area contributed by atoms with E-state index in [1.807, 2.05) is 19.9 Å². The molecule has 0 amide bonds. The van der Waals surface area contributed by atoms with E-state index in [4.69, 9.17) is 0 Å². The summed E-state index contributed by atoms with van der Waals surface area (Å²) in [5, 5.41) is 12.8. The van der Waals surface area contributed by atoms with Crippen LogP contribution in [0.4, 0.5) is 5.82 Å². The lowest BCUT2D eigenvalue weighted by Gasteiger charge is -2.21. The van der Waals surface area contributed by atoms with Gasteiger partial charge in [-0.3, -0.25) is 0 Å². The molecular formula is C10H17N3O. The van der Waals surface area contributed by atoms with Crippen LogP contribution in [0, 0.1) is 6.92 Å². The van der Waals surface area contributed by atoms with Gasteiger partial charge in [-0.25, -0.2) is 9.97 Å². The van der Waals surface area contributed by atoms with Crippen LogP contribution in [0.3, 0.4) is 0 Å². The normalized spacial score (nSPS) is 14.9. The standard InChI is InChI=1S/C10H17N3O/c1-4-10(3,14)6-11-9-5-8(2)12-7-13-9/h5,7,14H,4,6H2,1-3H3,(H,11,12,13). The summed E-state index contributed by atoms with van der Waals surface area (Å²) in [6.07, 6.45) is 2.22. The minimum atomic E-state index is -0.682. The quantitative estimate of drug-likeness (QED) is 0.761. The molecule has 0 saturated carbocycles. The molecule has 14 heavy (non-hydrogen) atoms. The molecule has 1 atom stereocenters. The Labute approximate surface area is 84.4 Å². The van der Waals surface area contributed by atoms with E-state index in [1.165, 1.54) is 6.33 Å². The highest BCUT2D eigenvalue weighted by atomic mass is 16.3. The minimum Gasteiger partial charge on any atom is -0.388 e. The van der Waals surface area contributed by atoms with Gasteiger partial charge in [0.1, 0.15) is 12.1 Å². The molecule has 4 nitrogen and oxygen atoms in total. The van der Waals surface area contributed by atoms with Crippen molar-refractivity contribution in [3.8, 4) is 0 Å². The molecule has 1 aromatic heterocycles. The predicted molar refractivity (Wildman–Crippen MR) is 56.2 cm³/mol. The molecule has 0 fully saturated rings. The molecule has 78 valence electrons. The third-order valence-corrected chi connectivity index (χ3v) is 2.22. The van der Waals surface area contributed by atoms with Crippen LogP contribution in [0.15, 0.2) is 12.4 Å². The van der Waals surface area contributed by atoms with E-state index in [2.05, 4.69) is 15.3 Å². The van der Waals surface area contributed by atoms with E-state index in [1.54, 1.807) is 6.92 Å². The molecule has 0 aromatic carbocycles. The molecule has 1 heterocycles. The molecule has 0 aliphatic carbocycles. The summed E-state index contributed by atoms with van der Waals surface area (Å²) in [5.41, 5.74) is 0.234. The fourth-order valence-corrected chi connectivity index (χ4v) is 0.957. The third kappa shape index (κ3) is 3.30. The minimum absolute atomic E-state index is 0.500. The average molecular weight is 195 g/mol. The van der Waals surface area contributed by atoms with Gasteiger partial charge in [-0.05, 0) is 20.3 Å². The van der Waals surface area contributed by atoms with E-state index >= 15 is 0 Å². The zero-order valence-corrected chi connectivity index (χ0v) is 8.91. The number of hydrogen-bond donors (Lipinski definition) is 2. The first-order valence-corrected chi connectivity index (χ1v) is 4.78. The molecule has 4 heteroatoms. The summed E-state index contributed by atoms with van der Waals surface area (Å²) in [5.74, 6) is 0.756. The number of anilines is 1. The Morgan fingerprint density at radius 1 is 1.50 bits per heavy atom. The Morgan fingerprint density at radius 3 is 2.79 bits per heavy atom. The van der Waals surface area contributed by atoms with Crippen molar-refractivity contribution in [3.05, 3.63) is 18.1 Å². The van der Waals surface area contributed by atoms with Crippen molar-refractivity contribution in [3.63, 3.8) is 0 Å². The zero-order valence-electron chi connectivity index (χ0n) is 8.91. The first-order valence-electron chi connectivity index (χ1n) is 4.78. The van der Waals surface area contributed by atoms with Crippen LogP contribution in [-0.4, -0.2) is 27.2 Å². The molecule has 0 radical (unpaired) electrons. The fraction of sp³-hybridized carbons (Fsp3) is 0.600. The Kier molecular flexibility index (Phi) is 3.41. The molecule has 0 saturated heterocycles. The maximum Gasteiger partial charge on any atom is 0.129 e. The summed E-state index contributed by atoms with van der Waals surface area (Å²) in [4.78, 5) is 8.03. The smallest absolute Gasteiger partial charge is 0.129 e. The highest BCUT2D eigenvalue weighted by Crippen LogP contribution is 2.10. The number of aromatic nitrogens is 2. The van der Waals surface area contributed by atoms with Gasteiger partial charge in [0, 0.05) is 18.3 Å². The van der Waals surface area contributed by atoms with Crippen molar-refractivity contribution in [2.75, 3.05) is 11.9 Å². The second kappa shape index (κ2) is 4.37. The van der Waals surface area contributed by atoms with Crippen molar-refractivity contribution in [1.82, 2.24) is 9.97 Å². The van der Waals surface area contributed by atoms with Crippen LogP contribution in [0.1, 0.15) is 26.0 Å². The monoisotopic (exact) mass is 195 g/mol. The Hall–Kier alpha value is -1.16. The van der Waals surface area contributed by atoms with Gasteiger partial charge in [0.05, 0.1) is 5.60 Å². The molecule has 1 aromatic rings. The van der Waals surface area contributed by atoms with Gasteiger partial charge in [-0.2, -0.15) is 0 Å². The van der Waals surface area contributed by atoms with Crippen LogP contribution >= 0.6 is 0 Å². The summed E-state index contributed by atoms with van der Waals surface area (Å²) in [7, 11) is 0. The molecule has 2 N–H and O–H groups in total. The number of aliphatic hydroxyl groups is 1. The van der Waals surface area contributed by atoms with E-state index in [9.17, 15) is 5.11 Å². The highest BCUT2D eigenvalue weighted by Gasteiger charge is 2.16. The lowest BCUT2D eigenvalue weighted by Crippen LogP contribution is -2.32. The summed E-state index contributed by atoms with van der Waals surface area (Å²) in [6, 6.07) is 1.85. The van der Waals surface area contributed by atoms with Crippen LogP contribution in [-0.2, 0) is 0 Å². The molecular weight excluding hydrogens is 178 g/mol. The topological polar surface area (TPSA) is 58.0 Å². The van der Waals surface area contributed by atoms with E-state index in [0.29, 0.717) is 13.0 Å². The summed E-state index contributed by atoms with van der Waals surface area (Å²) in [6.45, 7) is 6.16. The van der Waals surface area contributed by atoms with E-state index in [-0.39, 0.29) is 0 Å². The average Bonchev–Trinajstić information content (AvgIpc) is 2.15. The first-order chi connectivity index (χ1) is 6.53. The van der Waals surface area contributed by atoms with Gasteiger partial charge in [0.15, 0.2) is 0 Å². The molecule has 1 rings (SSSR count). The SMILES string of the molecule is CCC(C)(O)CNc1cc(C)ncn1. The maximum atomic E-state index is 9.75. The molecule has 0 spiro atoms. The molecule has 0 aliphatic heterocycles. The number of nitrogens with one attached hydrogen (secondary N) is 1. The third-order valence-electron chi connectivity index (χ3n) is 2.22. The Morgan fingerprint density at radius 2 is 2.21 bits per heavy atom. The van der Waals surface area contributed by atoms with Crippen molar-refractivity contribution < 1.29 is 5.11 Å². The highest BCUT2D eigenvalue weighted by molar-refractivity contribution is 5.34. The molecule has 1 unspecified atom stereocenters. The zero-order chi connectivity index (χ0) is 10.6. The number of nitrogens with zero attached hydrogens (tertiary/aromatic N) is 2. The molecule has 0 aliphatic rings.